The highest BCUT2D eigenvalue weighted by atomic mass is 35.5. The summed E-state index contributed by atoms with van der Waals surface area (Å²) in [5, 5.41) is 6.88. The minimum atomic E-state index is -0.138. The minimum absolute atomic E-state index is 0.0522. The first-order valence-corrected chi connectivity index (χ1v) is 4.47. The van der Waals surface area contributed by atoms with Gasteiger partial charge in [-0.3, -0.25) is 9.89 Å². The molecule has 0 saturated heterocycles. The maximum atomic E-state index is 11.3. The van der Waals surface area contributed by atoms with Gasteiger partial charge < -0.3 is 0 Å². The summed E-state index contributed by atoms with van der Waals surface area (Å²) < 4.78 is 0. The van der Waals surface area contributed by atoms with Crippen LogP contribution in [0.5, 0.6) is 0 Å². The first-order chi connectivity index (χ1) is 5.84. The summed E-state index contributed by atoms with van der Waals surface area (Å²) in [4.78, 5) is 11.3. The highest BCUT2D eigenvalue weighted by Crippen LogP contribution is 2.28. The van der Waals surface area contributed by atoms with E-state index in [9.17, 15) is 4.79 Å². The predicted octanol–water partition coefficient (Wildman–Crippen LogP) is 2.56. The lowest BCUT2D eigenvalue weighted by Crippen LogP contribution is -2.15. The summed E-state index contributed by atoms with van der Waals surface area (Å²) in [7, 11) is 0. The van der Waals surface area contributed by atoms with Gasteiger partial charge in [0.15, 0.2) is 10.9 Å². The number of Topliss-reactive ketones (excluding diaryl/α,β-unsaturated/α-hetero) is 1. The zero-order valence-electron chi connectivity index (χ0n) is 8.23. The second-order valence-electron chi connectivity index (χ2n) is 4.07. The molecular weight excluding hydrogens is 188 g/mol. The maximum Gasteiger partial charge on any atom is 0.164 e. The molecule has 0 amide bonds. The van der Waals surface area contributed by atoms with E-state index < -0.39 is 0 Å². The van der Waals surface area contributed by atoms with E-state index in [0.29, 0.717) is 5.56 Å². The van der Waals surface area contributed by atoms with Crippen molar-refractivity contribution < 1.29 is 4.79 Å². The van der Waals surface area contributed by atoms with Gasteiger partial charge in [-0.2, -0.15) is 5.10 Å². The SMILES string of the molecule is CC(=O)c1c(Cl)n[nH]c1C(C)(C)C. The molecule has 72 valence electrons. The molecule has 1 N–H and O–H groups in total. The first kappa shape index (κ1) is 10.3. The largest absolute Gasteiger partial charge is 0.294 e. The number of carbonyl (C=O) groups excluding carboxylic acids is 1. The summed E-state index contributed by atoms with van der Waals surface area (Å²) in [5.74, 6) is -0.0522. The third-order valence-corrected chi connectivity index (χ3v) is 2.10. The van der Waals surface area contributed by atoms with Crippen LogP contribution >= 0.6 is 11.6 Å². The van der Waals surface area contributed by atoms with Crippen molar-refractivity contribution in [3.05, 3.63) is 16.4 Å². The van der Waals surface area contributed by atoms with E-state index in [1.54, 1.807) is 0 Å². The van der Waals surface area contributed by atoms with Gasteiger partial charge >= 0.3 is 0 Å². The van der Waals surface area contributed by atoms with E-state index in [1.807, 2.05) is 20.8 Å². The molecule has 0 spiro atoms. The van der Waals surface area contributed by atoms with Crippen molar-refractivity contribution in [2.75, 3.05) is 0 Å². The van der Waals surface area contributed by atoms with E-state index in [4.69, 9.17) is 11.6 Å². The highest BCUT2D eigenvalue weighted by molar-refractivity contribution is 6.32. The lowest BCUT2D eigenvalue weighted by molar-refractivity contribution is 0.101. The first-order valence-electron chi connectivity index (χ1n) is 4.09. The molecule has 0 aliphatic carbocycles. The number of nitrogens with zero attached hydrogens (tertiary/aromatic N) is 1. The number of ketones is 1. The van der Waals surface area contributed by atoms with Crippen LogP contribution in [0.15, 0.2) is 0 Å². The summed E-state index contributed by atoms with van der Waals surface area (Å²) in [6.07, 6.45) is 0. The molecule has 0 unspecified atom stereocenters. The molecule has 0 aliphatic rings. The Morgan fingerprint density at radius 2 is 2.00 bits per heavy atom. The Hall–Kier alpha value is -0.830. The highest BCUT2D eigenvalue weighted by Gasteiger charge is 2.25. The van der Waals surface area contributed by atoms with Crippen molar-refractivity contribution in [1.82, 2.24) is 10.2 Å². The van der Waals surface area contributed by atoms with Crippen molar-refractivity contribution in [3.63, 3.8) is 0 Å². The molecule has 0 fully saturated rings. The summed E-state index contributed by atoms with van der Waals surface area (Å²) in [6, 6.07) is 0. The van der Waals surface area contributed by atoms with Gasteiger partial charge in [-0.05, 0) is 6.92 Å². The third kappa shape index (κ3) is 1.91. The molecule has 0 bridgehead atoms. The van der Waals surface area contributed by atoms with Crippen LogP contribution in [-0.2, 0) is 5.41 Å². The number of aromatic nitrogens is 2. The number of aromatic amines is 1. The van der Waals surface area contributed by atoms with Crippen molar-refractivity contribution in [2.24, 2.45) is 0 Å². The number of H-pyrrole nitrogens is 1. The van der Waals surface area contributed by atoms with Gasteiger partial charge in [-0.15, -0.1) is 0 Å². The number of rotatable bonds is 1. The smallest absolute Gasteiger partial charge is 0.164 e. The minimum Gasteiger partial charge on any atom is -0.294 e. The van der Waals surface area contributed by atoms with Crippen molar-refractivity contribution in [3.8, 4) is 0 Å². The predicted molar refractivity (Wildman–Crippen MR) is 52.3 cm³/mol. The fourth-order valence-electron chi connectivity index (χ4n) is 1.18. The molecule has 0 aromatic carbocycles. The molecule has 0 atom stereocenters. The van der Waals surface area contributed by atoms with Crippen molar-refractivity contribution in [2.45, 2.75) is 33.1 Å². The fourth-order valence-corrected chi connectivity index (χ4v) is 1.45. The quantitative estimate of drug-likeness (QED) is 0.709. The molecule has 4 heteroatoms. The average Bonchev–Trinajstić information content (AvgIpc) is 2.28. The molecule has 0 aliphatic heterocycles. The van der Waals surface area contributed by atoms with Gasteiger partial charge in [0.25, 0.3) is 0 Å². The normalized spacial score (nSPS) is 11.8. The van der Waals surface area contributed by atoms with Crippen LogP contribution in [0.1, 0.15) is 43.7 Å². The Morgan fingerprint density at radius 3 is 2.31 bits per heavy atom. The molecular formula is C9H13ClN2O. The van der Waals surface area contributed by atoms with E-state index in [1.165, 1.54) is 6.92 Å². The molecule has 1 aromatic heterocycles. The molecule has 1 aromatic rings. The number of nitrogens with one attached hydrogen (secondary N) is 1. The average molecular weight is 201 g/mol. The monoisotopic (exact) mass is 200 g/mol. The van der Waals surface area contributed by atoms with E-state index >= 15 is 0 Å². The fraction of sp³-hybridized carbons (Fsp3) is 0.556. The van der Waals surface area contributed by atoms with Gasteiger partial charge in [0.2, 0.25) is 0 Å². The lowest BCUT2D eigenvalue weighted by Gasteiger charge is -2.17. The molecule has 1 rings (SSSR count). The Balaban J connectivity index is 3.31. The number of hydrogen-bond acceptors (Lipinski definition) is 2. The second kappa shape index (κ2) is 3.14. The van der Waals surface area contributed by atoms with Crippen LogP contribution in [0.2, 0.25) is 5.15 Å². The van der Waals surface area contributed by atoms with Gasteiger partial charge in [0.1, 0.15) is 0 Å². The van der Waals surface area contributed by atoms with Gasteiger partial charge in [0, 0.05) is 5.41 Å². The van der Waals surface area contributed by atoms with E-state index in [0.717, 1.165) is 5.69 Å². The zero-order chi connectivity index (χ0) is 10.2. The lowest BCUT2D eigenvalue weighted by atomic mass is 9.89. The third-order valence-electron chi connectivity index (χ3n) is 1.82. The number of hydrogen-bond donors (Lipinski definition) is 1. The number of halogens is 1. The Kier molecular flexibility index (Phi) is 2.48. The topological polar surface area (TPSA) is 45.8 Å². The molecule has 1 heterocycles. The van der Waals surface area contributed by atoms with Crippen LogP contribution in [0, 0.1) is 0 Å². The molecule has 3 nitrogen and oxygen atoms in total. The van der Waals surface area contributed by atoms with Crippen LogP contribution < -0.4 is 0 Å². The van der Waals surface area contributed by atoms with Crippen LogP contribution in [0.4, 0.5) is 0 Å². The van der Waals surface area contributed by atoms with Gasteiger partial charge in [0.05, 0.1) is 11.3 Å². The maximum absolute atomic E-state index is 11.3. The van der Waals surface area contributed by atoms with Crippen LogP contribution in [-0.4, -0.2) is 16.0 Å². The van der Waals surface area contributed by atoms with Crippen molar-refractivity contribution in [1.29, 1.82) is 0 Å². The second-order valence-corrected chi connectivity index (χ2v) is 4.43. The van der Waals surface area contributed by atoms with Crippen LogP contribution in [0.25, 0.3) is 0 Å². The van der Waals surface area contributed by atoms with E-state index in [-0.39, 0.29) is 16.4 Å². The number of carbonyl (C=O) groups is 1. The molecule has 13 heavy (non-hydrogen) atoms. The Labute approximate surface area is 82.5 Å². The summed E-state index contributed by atoms with van der Waals surface area (Å²) in [6.45, 7) is 7.50. The Bertz CT molecular complexity index is 336. The summed E-state index contributed by atoms with van der Waals surface area (Å²) in [5.41, 5.74) is 1.17. The van der Waals surface area contributed by atoms with Crippen molar-refractivity contribution >= 4 is 17.4 Å². The van der Waals surface area contributed by atoms with Crippen LogP contribution in [0.3, 0.4) is 0 Å². The molecule has 0 saturated carbocycles. The summed E-state index contributed by atoms with van der Waals surface area (Å²) >= 11 is 5.78. The Morgan fingerprint density at radius 1 is 1.46 bits per heavy atom. The van der Waals surface area contributed by atoms with E-state index in [2.05, 4.69) is 10.2 Å². The van der Waals surface area contributed by atoms with Gasteiger partial charge in [-0.25, -0.2) is 0 Å². The zero-order valence-corrected chi connectivity index (χ0v) is 8.99. The standard InChI is InChI=1S/C9H13ClN2O/c1-5(13)6-7(9(2,3)4)11-12-8(6)10/h1-4H3,(H,11,12). The van der Waals surface area contributed by atoms with Gasteiger partial charge in [-0.1, -0.05) is 32.4 Å². The molecule has 0 radical (unpaired) electrons.